The first kappa shape index (κ1) is 17.0. The largest absolute Gasteiger partial charge is 0.396 e. The Morgan fingerprint density at radius 2 is 1.95 bits per heavy atom. The number of hydrogen-bond donors (Lipinski definition) is 2. The van der Waals surface area contributed by atoms with Gasteiger partial charge in [-0.15, -0.1) is 0 Å². The third-order valence-corrected chi connectivity index (χ3v) is 4.82. The van der Waals surface area contributed by atoms with Crippen molar-refractivity contribution in [3.8, 4) is 0 Å². The zero-order valence-corrected chi connectivity index (χ0v) is 13.7. The number of carbonyl (C=O) groups excluding carboxylic acids is 1. The van der Waals surface area contributed by atoms with Gasteiger partial charge in [0.2, 0.25) is 5.91 Å². The predicted octanol–water partition coefficient (Wildman–Crippen LogP) is 3.31. The molecule has 0 radical (unpaired) electrons. The predicted molar refractivity (Wildman–Crippen MR) is 89.5 cm³/mol. The Morgan fingerprint density at radius 3 is 2.59 bits per heavy atom. The highest BCUT2D eigenvalue weighted by Crippen LogP contribution is 2.28. The highest BCUT2D eigenvalue weighted by Gasteiger charge is 2.25. The van der Waals surface area contributed by atoms with Gasteiger partial charge in [0.05, 0.1) is 6.61 Å². The Hall–Kier alpha value is -1.35. The summed E-state index contributed by atoms with van der Waals surface area (Å²) in [6.45, 7) is 2.63. The maximum Gasteiger partial charge on any atom is 0.220 e. The molecule has 1 aliphatic carbocycles. The van der Waals surface area contributed by atoms with Crippen LogP contribution in [-0.4, -0.2) is 24.2 Å². The average molecular weight is 303 g/mol. The molecule has 1 amide bonds. The van der Waals surface area contributed by atoms with E-state index in [1.807, 2.05) is 25.1 Å². The first-order valence-electron chi connectivity index (χ1n) is 8.53. The van der Waals surface area contributed by atoms with E-state index in [4.69, 9.17) is 0 Å². The van der Waals surface area contributed by atoms with Gasteiger partial charge in [0, 0.05) is 18.4 Å². The van der Waals surface area contributed by atoms with Gasteiger partial charge in [-0.25, -0.2) is 0 Å². The Labute approximate surface area is 134 Å². The Bertz CT molecular complexity index is 454. The lowest BCUT2D eigenvalue weighted by Crippen LogP contribution is -2.39. The fraction of sp³-hybridized carbons (Fsp3) is 0.632. The normalized spacial score (nSPS) is 18.1. The number of amides is 1. The van der Waals surface area contributed by atoms with Gasteiger partial charge in [0.25, 0.3) is 0 Å². The third kappa shape index (κ3) is 5.45. The van der Waals surface area contributed by atoms with Crippen LogP contribution in [0.15, 0.2) is 30.3 Å². The second-order valence-electron chi connectivity index (χ2n) is 7.10. The molecule has 1 aromatic carbocycles. The maximum atomic E-state index is 12.0. The minimum absolute atomic E-state index is 0.0742. The van der Waals surface area contributed by atoms with E-state index in [9.17, 15) is 9.90 Å². The minimum Gasteiger partial charge on any atom is -0.396 e. The molecular weight excluding hydrogens is 274 g/mol. The van der Waals surface area contributed by atoms with Crippen LogP contribution in [0.2, 0.25) is 0 Å². The topological polar surface area (TPSA) is 49.3 Å². The van der Waals surface area contributed by atoms with Crippen molar-refractivity contribution in [2.45, 2.75) is 51.9 Å². The summed E-state index contributed by atoms with van der Waals surface area (Å²) in [7, 11) is 0. The van der Waals surface area contributed by atoms with Gasteiger partial charge in [-0.3, -0.25) is 4.79 Å². The number of aliphatic hydroxyl groups excluding tert-OH is 1. The SMILES string of the molecule is C[C@](CO)(CNC(=O)CCC1CCCC1)Cc1ccccc1. The van der Waals surface area contributed by atoms with Crippen LogP contribution in [0.25, 0.3) is 0 Å². The van der Waals surface area contributed by atoms with Gasteiger partial charge in [0.1, 0.15) is 0 Å². The van der Waals surface area contributed by atoms with Crippen molar-refractivity contribution in [2.24, 2.45) is 11.3 Å². The second kappa shape index (κ2) is 8.33. The molecule has 3 nitrogen and oxygen atoms in total. The van der Waals surface area contributed by atoms with Crippen LogP contribution in [0.5, 0.6) is 0 Å². The molecule has 2 N–H and O–H groups in total. The molecule has 1 aliphatic rings. The Balaban J connectivity index is 1.75. The molecule has 3 heteroatoms. The van der Waals surface area contributed by atoms with Gasteiger partial charge in [0.15, 0.2) is 0 Å². The van der Waals surface area contributed by atoms with Crippen molar-refractivity contribution < 1.29 is 9.90 Å². The van der Waals surface area contributed by atoms with E-state index in [0.717, 1.165) is 18.8 Å². The molecule has 122 valence electrons. The zero-order chi connectivity index (χ0) is 15.8. The number of benzene rings is 1. The van der Waals surface area contributed by atoms with Gasteiger partial charge in [-0.2, -0.15) is 0 Å². The summed E-state index contributed by atoms with van der Waals surface area (Å²) >= 11 is 0. The summed E-state index contributed by atoms with van der Waals surface area (Å²) in [5.74, 6) is 0.874. The third-order valence-electron chi connectivity index (χ3n) is 4.82. The number of nitrogens with one attached hydrogen (secondary N) is 1. The van der Waals surface area contributed by atoms with E-state index in [1.54, 1.807) is 0 Å². The highest BCUT2D eigenvalue weighted by molar-refractivity contribution is 5.75. The first-order chi connectivity index (χ1) is 10.6. The van der Waals surface area contributed by atoms with Crippen molar-refractivity contribution >= 4 is 5.91 Å². The Morgan fingerprint density at radius 1 is 1.27 bits per heavy atom. The highest BCUT2D eigenvalue weighted by atomic mass is 16.3. The summed E-state index contributed by atoms with van der Waals surface area (Å²) in [5.41, 5.74) is 0.893. The zero-order valence-electron chi connectivity index (χ0n) is 13.7. The summed E-state index contributed by atoms with van der Waals surface area (Å²) in [4.78, 5) is 12.0. The molecule has 0 spiro atoms. The van der Waals surface area contributed by atoms with Gasteiger partial charge in [-0.1, -0.05) is 62.9 Å². The number of carbonyl (C=O) groups is 1. The first-order valence-corrected chi connectivity index (χ1v) is 8.53. The van der Waals surface area contributed by atoms with E-state index < -0.39 is 0 Å². The molecule has 0 heterocycles. The molecular formula is C19H29NO2. The molecule has 0 bridgehead atoms. The lowest BCUT2D eigenvalue weighted by Gasteiger charge is -2.28. The molecule has 1 aromatic rings. The van der Waals surface area contributed by atoms with E-state index >= 15 is 0 Å². The second-order valence-corrected chi connectivity index (χ2v) is 7.10. The molecule has 2 rings (SSSR count). The van der Waals surface area contributed by atoms with Crippen LogP contribution in [0, 0.1) is 11.3 Å². The van der Waals surface area contributed by atoms with Crippen molar-refractivity contribution in [3.63, 3.8) is 0 Å². The van der Waals surface area contributed by atoms with Crippen molar-refractivity contribution in [3.05, 3.63) is 35.9 Å². The number of rotatable bonds is 8. The standard InChI is InChI=1S/C19H29NO2/c1-19(15-21,13-17-9-3-2-4-10-17)14-20-18(22)12-11-16-7-5-6-8-16/h2-4,9-10,16,21H,5-8,11-15H2,1H3,(H,20,22)/t19-/m1/s1. The van der Waals surface area contributed by atoms with Crippen molar-refractivity contribution in [1.29, 1.82) is 0 Å². The van der Waals surface area contributed by atoms with Crippen molar-refractivity contribution in [2.75, 3.05) is 13.2 Å². The molecule has 0 aromatic heterocycles. The van der Waals surface area contributed by atoms with Gasteiger partial charge in [-0.05, 0) is 24.3 Å². The fourth-order valence-electron chi connectivity index (χ4n) is 3.30. The van der Waals surface area contributed by atoms with Gasteiger partial charge >= 0.3 is 0 Å². The summed E-state index contributed by atoms with van der Waals surface area (Å²) in [6, 6.07) is 10.1. The van der Waals surface area contributed by atoms with Gasteiger partial charge < -0.3 is 10.4 Å². The molecule has 0 aliphatic heterocycles. The van der Waals surface area contributed by atoms with Crippen LogP contribution in [0.1, 0.15) is 51.0 Å². The average Bonchev–Trinajstić information content (AvgIpc) is 3.05. The molecule has 0 saturated heterocycles. The smallest absolute Gasteiger partial charge is 0.220 e. The summed E-state index contributed by atoms with van der Waals surface area (Å²) < 4.78 is 0. The van der Waals surface area contributed by atoms with E-state index in [2.05, 4.69) is 17.4 Å². The van der Waals surface area contributed by atoms with Crippen LogP contribution in [0.3, 0.4) is 0 Å². The number of hydrogen-bond acceptors (Lipinski definition) is 2. The van der Waals surface area contributed by atoms with Crippen LogP contribution in [-0.2, 0) is 11.2 Å². The molecule has 1 saturated carbocycles. The van der Waals surface area contributed by atoms with E-state index in [0.29, 0.717) is 13.0 Å². The maximum absolute atomic E-state index is 12.0. The molecule has 22 heavy (non-hydrogen) atoms. The molecule has 1 fully saturated rings. The lowest BCUT2D eigenvalue weighted by atomic mass is 9.84. The molecule has 0 unspecified atom stereocenters. The monoisotopic (exact) mass is 303 g/mol. The van der Waals surface area contributed by atoms with Crippen LogP contribution >= 0.6 is 0 Å². The quantitative estimate of drug-likeness (QED) is 0.774. The fourth-order valence-corrected chi connectivity index (χ4v) is 3.30. The van der Waals surface area contributed by atoms with E-state index in [-0.39, 0.29) is 17.9 Å². The molecule has 1 atom stereocenters. The summed E-state index contributed by atoms with van der Waals surface area (Å²) in [5, 5.41) is 12.7. The minimum atomic E-state index is -0.301. The lowest BCUT2D eigenvalue weighted by molar-refractivity contribution is -0.122. The van der Waals surface area contributed by atoms with Crippen LogP contribution < -0.4 is 5.32 Å². The Kier molecular flexibility index (Phi) is 6.44. The number of aliphatic hydroxyl groups is 1. The van der Waals surface area contributed by atoms with Crippen LogP contribution in [0.4, 0.5) is 0 Å². The van der Waals surface area contributed by atoms with Crippen molar-refractivity contribution in [1.82, 2.24) is 5.32 Å². The summed E-state index contributed by atoms with van der Waals surface area (Å²) in [6.07, 6.45) is 7.63. The van der Waals surface area contributed by atoms with E-state index in [1.165, 1.54) is 31.2 Å².